The van der Waals surface area contributed by atoms with Gasteiger partial charge < -0.3 is 14.2 Å². The number of ether oxygens (including phenoxy) is 3. The van der Waals surface area contributed by atoms with Crippen LogP contribution in [0, 0.1) is 28.6 Å². The number of carbonyl (C=O) groups excluding carboxylic acids is 3. The second kappa shape index (κ2) is 6.94. The van der Waals surface area contributed by atoms with E-state index in [1.54, 1.807) is 0 Å². The summed E-state index contributed by atoms with van der Waals surface area (Å²) in [7, 11) is 1.32. The molecule has 4 aliphatic carbocycles. The van der Waals surface area contributed by atoms with E-state index in [0.29, 0.717) is 18.8 Å². The molecular formula is C25H32O6. The number of methoxy groups -OCH3 is 1. The molecule has 5 rings (SSSR count). The largest absolute Gasteiger partial charge is 0.507 e. The molecule has 31 heavy (non-hydrogen) atoms. The van der Waals surface area contributed by atoms with E-state index >= 15 is 0 Å². The average Bonchev–Trinajstić information content (AvgIpc) is 3.27. The smallest absolute Gasteiger partial charge is 0.458 e. The number of allylic oxidation sites excluding steroid dienone is 4. The summed E-state index contributed by atoms with van der Waals surface area (Å²) >= 11 is 0. The molecule has 0 bridgehead atoms. The molecule has 0 aromatic carbocycles. The van der Waals surface area contributed by atoms with Crippen LogP contribution < -0.4 is 0 Å². The minimum atomic E-state index is -0.668. The van der Waals surface area contributed by atoms with Crippen LogP contribution in [0.15, 0.2) is 23.3 Å². The molecule has 0 amide bonds. The first-order valence-corrected chi connectivity index (χ1v) is 11.6. The van der Waals surface area contributed by atoms with Gasteiger partial charge in [-0.25, -0.2) is 4.79 Å². The van der Waals surface area contributed by atoms with Crippen LogP contribution in [-0.4, -0.2) is 37.2 Å². The van der Waals surface area contributed by atoms with Gasteiger partial charge in [-0.05, 0) is 56.4 Å². The van der Waals surface area contributed by atoms with Crippen molar-refractivity contribution in [3.05, 3.63) is 23.3 Å². The Balaban J connectivity index is 1.56. The van der Waals surface area contributed by atoms with E-state index in [-0.39, 0.29) is 46.6 Å². The molecule has 4 unspecified atom stereocenters. The first-order chi connectivity index (χ1) is 14.7. The van der Waals surface area contributed by atoms with E-state index in [9.17, 15) is 14.4 Å². The SMILES string of the molecule is COC(=O)OC[C@@H]1CC2=CC(=O)CCC2(C)C2=CCC3(C)C(CC[C@@]34CCC(=O)O4)C21. The van der Waals surface area contributed by atoms with Gasteiger partial charge in [0.05, 0.1) is 13.7 Å². The molecule has 0 radical (unpaired) electrons. The molecule has 6 atom stereocenters. The lowest BCUT2D eigenvalue weighted by molar-refractivity contribution is -0.161. The quantitative estimate of drug-likeness (QED) is 0.475. The predicted octanol–water partition coefficient (Wildman–Crippen LogP) is 4.52. The molecule has 168 valence electrons. The summed E-state index contributed by atoms with van der Waals surface area (Å²) in [5.41, 5.74) is 1.99. The van der Waals surface area contributed by atoms with Crippen LogP contribution >= 0.6 is 0 Å². The maximum absolute atomic E-state index is 12.2. The number of esters is 1. The zero-order chi connectivity index (χ0) is 22.0. The van der Waals surface area contributed by atoms with Crippen LogP contribution in [0.3, 0.4) is 0 Å². The van der Waals surface area contributed by atoms with Gasteiger partial charge in [0, 0.05) is 29.6 Å². The Labute approximate surface area is 183 Å². The summed E-state index contributed by atoms with van der Waals surface area (Å²) in [5, 5.41) is 0. The van der Waals surface area contributed by atoms with Crippen molar-refractivity contribution in [2.24, 2.45) is 28.6 Å². The first-order valence-electron chi connectivity index (χ1n) is 11.6. The third-order valence-electron chi connectivity index (χ3n) is 9.42. The highest BCUT2D eigenvalue weighted by molar-refractivity contribution is 5.92. The molecule has 1 heterocycles. The Hall–Kier alpha value is -2.11. The second-order valence-electron chi connectivity index (χ2n) is 10.6. The molecule has 6 nitrogen and oxygen atoms in total. The van der Waals surface area contributed by atoms with Crippen LogP contribution in [0.5, 0.6) is 0 Å². The summed E-state index contributed by atoms with van der Waals surface area (Å²) in [6.45, 7) is 4.85. The molecule has 1 saturated heterocycles. The third kappa shape index (κ3) is 2.86. The number of hydrogen-bond donors (Lipinski definition) is 0. The standard InChI is InChI=1S/C25H32O6/c1-23-8-4-17(26)13-16(23)12-15(14-30-22(28)29-3)21-18(23)5-9-24(2)19(21)6-10-25(24)11-7-20(27)31-25/h5,13,15,19,21H,4,6-12,14H2,1-3H3/t15-,19?,21?,23?,24?,25+/m0/s1. The highest BCUT2D eigenvalue weighted by Gasteiger charge is 2.66. The Morgan fingerprint density at radius 1 is 1.19 bits per heavy atom. The van der Waals surface area contributed by atoms with Crippen molar-refractivity contribution in [1.82, 2.24) is 0 Å². The van der Waals surface area contributed by atoms with Gasteiger partial charge in [0.15, 0.2) is 5.78 Å². The summed E-state index contributed by atoms with van der Waals surface area (Å²) in [4.78, 5) is 36.1. The molecule has 2 saturated carbocycles. The topological polar surface area (TPSA) is 78.9 Å². The predicted molar refractivity (Wildman–Crippen MR) is 112 cm³/mol. The number of carbonyl (C=O) groups is 3. The second-order valence-corrected chi connectivity index (χ2v) is 10.6. The van der Waals surface area contributed by atoms with Crippen molar-refractivity contribution in [1.29, 1.82) is 0 Å². The number of fused-ring (bicyclic) bond motifs is 6. The van der Waals surface area contributed by atoms with E-state index in [4.69, 9.17) is 14.2 Å². The normalized spacial score (nSPS) is 43.4. The van der Waals surface area contributed by atoms with Crippen LogP contribution in [0.4, 0.5) is 4.79 Å². The molecule has 1 spiro atoms. The van der Waals surface area contributed by atoms with Crippen molar-refractivity contribution < 1.29 is 28.6 Å². The summed E-state index contributed by atoms with van der Waals surface area (Å²) in [5.74, 6) is 0.817. The van der Waals surface area contributed by atoms with Gasteiger partial charge in [-0.15, -0.1) is 0 Å². The van der Waals surface area contributed by atoms with Gasteiger partial charge in [-0.2, -0.15) is 0 Å². The zero-order valence-corrected chi connectivity index (χ0v) is 18.7. The van der Waals surface area contributed by atoms with Crippen molar-refractivity contribution in [3.8, 4) is 0 Å². The van der Waals surface area contributed by atoms with E-state index in [1.165, 1.54) is 18.3 Å². The van der Waals surface area contributed by atoms with Crippen molar-refractivity contribution in [3.63, 3.8) is 0 Å². The van der Waals surface area contributed by atoms with Crippen molar-refractivity contribution in [2.45, 2.75) is 70.8 Å². The van der Waals surface area contributed by atoms with Crippen molar-refractivity contribution in [2.75, 3.05) is 13.7 Å². The molecule has 0 aromatic rings. The van der Waals surface area contributed by atoms with Gasteiger partial charge in [0.25, 0.3) is 0 Å². The Bertz CT molecular complexity index is 902. The summed E-state index contributed by atoms with van der Waals surface area (Å²) in [6.07, 6.45) is 9.83. The first kappa shape index (κ1) is 20.8. The van der Waals surface area contributed by atoms with Gasteiger partial charge in [-0.1, -0.05) is 31.1 Å². The molecule has 1 aliphatic heterocycles. The lowest BCUT2D eigenvalue weighted by Crippen LogP contribution is -2.53. The summed E-state index contributed by atoms with van der Waals surface area (Å²) in [6, 6.07) is 0. The number of rotatable bonds is 2. The van der Waals surface area contributed by atoms with Crippen LogP contribution in [-0.2, 0) is 23.8 Å². The number of hydrogen-bond acceptors (Lipinski definition) is 6. The number of ketones is 1. The fourth-order valence-electron chi connectivity index (χ4n) is 7.68. The highest BCUT2D eigenvalue weighted by Crippen LogP contribution is 2.68. The van der Waals surface area contributed by atoms with Gasteiger partial charge in [0.2, 0.25) is 0 Å². The van der Waals surface area contributed by atoms with Crippen LogP contribution in [0.2, 0.25) is 0 Å². The monoisotopic (exact) mass is 428 g/mol. The van der Waals surface area contributed by atoms with E-state index in [2.05, 4.69) is 19.9 Å². The zero-order valence-electron chi connectivity index (χ0n) is 18.7. The Morgan fingerprint density at radius 2 is 2.00 bits per heavy atom. The van der Waals surface area contributed by atoms with Gasteiger partial charge in [0.1, 0.15) is 5.60 Å². The van der Waals surface area contributed by atoms with Crippen LogP contribution in [0.1, 0.15) is 65.2 Å². The van der Waals surface area contributed by atoms with E-state index < -0.39 is 6.16 Å². The van der Waals surface area contributed by atoms with E-state index in [1.807, 2.05) is 6.08 Å². The fourth-order valence-corrected chi connectivity index (χ4v) is 7.68. The molecule has 0 N–H and O–H groups in total. The molecule has 0 aromatic heterocycles. The lowest BCUT2D eigenvalue weighted by atomic mass is 9.48. The lowest BCUT2D eigenvalue weighted by Gasteiger charge is -2.57. The van der Waals surface area contributed by atoms with Gasteiger partial charge >= 0.3 is 12.1 Å². The van der Waals surface area contributed by atoms with E-state index in [0.717, 1.165) is 38.5 Å². The molecule has 6 heteroatoms. The van der Waals surface area contributed by atoms with Crippen LogP contribution in [0.25, 0.3) is 0 Å². The fraction of sp³-hybridized carbons (Fsp3) is 0.720. The Kier molecular flexibility index (Phi) is 4.65. The maximum Gasteiger partial charge on any atom is 0.507 e. The molecule has 5 aliphatic rings. The summed E-state index contributed by atoms with van der Waals surface area (Å²) < 4.78 is 16.2. The molecule has 3 fully saturated rings. The molecular weight excluding hydrogens is 396 g/mol. The van der Waals surface area contributed by atoms with Crippen molar-refractivity contribution >= 4 is 17.9 Å². The van der Waals surface area contributed by atoms with Gasteiger partial charge in [-0.3, -0.25) is 9.59 Å². The average molecular weight is 429 g/mol. The third-order valence-corrected chi connectivity index (χ3v) is 9.42. The maximum atomic E-state index is 12.2. The minimum Gasteiger partial charge on any atom is -0.458 e. The highest BCUT2D eigenvalue weighted by atomic mass is 16.7. The minimum absolute atomic E-state index is 0.0751. The Morgan fingerprint density at radius 3 is 2.71 bits per heavy atom.